The third-order valence-corrected chi connectivity index (χ3v) is 2.69. The third kappa shape index (κ3) is 3.54. The van der Waals surface area contributed by atoms with Crippen LogP contribution in [0, 0.1) is 11.8 Å². The summed E-state index contributed by atoms with van der Waals surface area (Å²) in [6.45, 7) is 0. The second kappa shape index (κ2) is 5.99. The van der Waals surface area contributed by atoms with Gasteiger partial charge in [0, 0.05) is 16.7 Å². The van der Waals surface area contributed by atoms with E-state index in [0.29, 0.717) is 11.1 Å². The Morgan fingerprint density at radius 3 is 2.00 bits per heavy atom. The average Bonchev–Trinajstić information content (AvgIpc) is 2.46. The Bertz CT molecular complexity index is 661. The lowest BCUT2D eigenvalue weighted by Gasteiger charge is -1.95. The summed E-state index contributed by atoms with van der Waals surface area (Å²) in [5.41, 5.74) is 1.57. The van der Waals surface area contributed by atoms with Gasteiger partial charge < -0.3 is 0 Å². The van der Waals surface area contributed by atoms with Crippen LogP contribution in [0.3, 0.4) is 0 Å². The highest BCUT2D eigenvalue weighted by Gasteiger charge is 2.04. The molecule has 2 aromatic rings. The second-order valence-electron chi connectivity index (χ2n) is 3.80. The van der Waals surface area contributed by atoms with Gasteiger partial charge in [-0.1, -0.05) is 24.1 Å². The van der Waals surface area contributed by atoms with Crippen LogP contribution in [0.1, 0.15) is 26.3 Å². The lowest BCUT2D eigenvalue weighted by molar-refractivity contribution is 0.105. The van der Waals surface area contributed by atoms with Crippen molar-refractivity contribution in [1.29, 1.82) is 0 Å². The van der Waals surface area contributed by atoms with E-state index < -0.39 is 5.24 Å². The Balaban J connectivity index is 2.17. The van der Waals surface area contributed by atoms with Crippen molar-refractivity contribution in [1.82, 2.24) is 0 Å². The first kappa shape index (κ1) is 13.1. The molecule has 0 saturated heterocycles. The Morgan fingerprint density at radius 1 is 0.842 bits per heavy atom. The molecule has 0 spiro atoms. The van der Waals surface area contributed by atoms with Crippen LogP contribution in [0.25, 0.3) is 0 Å². The van der Waals surface area contributed by atoms with Crippen LogP contribution in [0.5, 0.6) is 0 Å². The minimum atomic E-state index is -0.547. The van der Waals surface area contributed by atoms with Crippen LogP contribution in [-0.4, -0.2) is 11.0 Å². The zero-order valence-corrected chi connectivity index (χ0v) is 10.6. The molecule has 0 fully saturated rings. The zero-order valence-electron chi connectivity index (χ0n) is 9.89. The highest BCUT2D eigenvalue weighted by molar-refractivity contribution is 6.67. The summed E-state index contributed by atoms with van der Waals surface area (Å²) < 4.78 is 0. The largest absolute Gasteiger partial charge is 0.279 e. The molecule has 0 amide bonds. The molecule has 0 saturated carbocycles. The minimum absolute atomic E-state index is 0.294. The van der Waals surface area contributed by atoms with Gasteiger partial charge in [-0.05, 0) is 53.9 Å². The molecule has 0 atom stereocenters. The maximum atomic E-state index is 11.8. The summed E-state index contributed by atoms with van der Waals surface area (Å²) in [4.78, 5) is 22.7. The van der Waals surface area contributed by atoms with E-state index in [0.717, 1.165) is 5.56 Å². The van der Waals surface area contributed by atoms with Crippen molar-refractivity contribution in [3.63, 3.8) is 0 Å². The number of ketones is 1. The molecule has 0 heterocycles. The number of carbonyl (C=O) groups is 2. The van der Waals surface area contributed by atoms with Gasteiger partial charge in [-0.3, -0.25) is 9.59 Å². The third-order valence-electron chi connectivity index (χ3n) is 2.47. The van der Waals surface area contributed by atoms with Crippen LogP contribution in [0.15, 0.2) is 54.6 Å². The fourth-order valence-corrected chi connectivity index (χ4v) is 1.60. The van der Waals surface area contributed by atoms with Crippen LogP contribution in [-0.2, 0) is 0 Å². The average molecular weight is 269 g/mol. The number of benzene rings is 2. The van der Waals surface area contributed by atoms with Gasteiger partial charge in [0.2, 0.25) is 5.78 Å². The van der Waals surface area contributed by atoms with Crippen molar-refractivity contribution in [2.24, 2.45) is 0 Å². The standard InChI is InChI=1S/C16H9ClO2/c17-16(19)14-9-7-13(8-10-14)15(18)11-6-12-4-2-1-3-5-12/h1-5,7-10H. The van der Waals surface area contributed by atoms with Crippen molar-refractivity contribution in [3.05, 3.63) is 71.3 Å². The predicted molar refractivity (Wildman–Crippen MR) is 74.3 cm³/mol. The number of Topliss-reactive ketones (excluding diaryl/α,β-unsaturated/α-hetero) is 1. The van der Waals surface area contributed by atoms with Gasteiger partial charge in [0.05, 0.1) is 0 Å². The molecule has 0 bridgehead atoms. The number of rotatable bonds is 2. The Morgan fingerprint density at radius 2 is 1.42 bits per heavy atom. The Labute approximate surface area is 116 Å². The SMILES string of the molecule is O=C(Cl)c1ccc(C(=O)C#Cc2ccccc2)cc1. The van der Waals surface area contributed by atoms with Gasteiger partial charge in [-0.2, -0.15) is 0 Å². The Kier molecular flexibility index (Phi) is 4.12. The van der Waals surface area contributed by atoms with Gasteiger partial charge in [0.15, 0.2) is 0 Å². The van der Waals surface area contributed by atoms with E-state index in [1.165, 1.54) is 24.3 Å². The summed E-state index contributed by atoms with van der Waals surface area (Å²) in [6, 6.07) is 15.3. The van der Waals surface area contributed by atoms with E-state index in [2.05, 4.69) is 11.8 Å². The molecule has 2 nitrogen and oxygen atoms in total. The first-order valence-corrected chi connectivity index (χ1v) is 5.96. The Hall–Kier alpha value is -2.37. The molecule has 0 unspecified atom stereocenters. The van der Waals surface area contributed by atoms with E-state index in [9.17, 15) is 9.59 Å². The van der Waals surface area contributed by atoms with Gasteiger partial charge in [0.1, 0.15) is 0 Å². The normalized spacial score (nSPS) is 9.32. The van der Waals surface area contributed by atoms with Crippen molar-refractivity contribution < 1.29 is 9.59 Å². The smallest absolute Gasteiger partial charge is 0.252 e. The van der Waals surface area contributed by atoms with Crippen LogP contribution in [0.2, 0.25) is 0 Å². The maximum absolute atomic E-state index is 11.8. The molecule has 2 aromatic carbocycles. The van der Waals surface area contributed by atoms with Gasteiger partial charge in [-0.25, -0.2) is 0 Å². The molecule has 3 heteroatoms. The molecule has 0 aliphatic carbocycles. The molecule has 0 N–H and O–H groups in total. The fourth-order valence-electron chi connectivity index (χ4n) is 1.48. The molecule has 92 valence electrons. The van der Waals surface area contributed by atoms with Crippen LogP contribution in [0.4, 0.5) is 0 Å². The summed E-state index contributed by atoms with van der Waals surface area (Å²) in [7, 11) is 0. The fraction of sp³-hybridized carbons (Fsp3) is 0. The second-order valence-corrected chi connectivity index (χ2v) is 4.14. The molecular formula is C16H9ClO2. The van der Waals surface area contributed by atoms with E-state index >= 15 is 0 Å². The summed E-state index contributed by atoms with van der Waals surface area (Å²) in [6.07, 6.45) is 0. The molecular weight excluding hydrogens is 260 g/mol. The van der Waals surface area contributed by atoms with Crippen molar-refractivity contribution in [2.45, 2.75) is 0 Å². The van der Waals surface area contributed by atoms with E-state index in [1.54, 1.807) is 0 Å². The van der Waals surface area contributed by atoms with E-state index in [4.69, 9.17) is 11.6 Å². The first-order valence-electron chi connectivity index (χ1n) is 5.58. The number of hydrogen-bond acceptors (Lipinski definition) is 2. The van der Waals surface area contributed by atoms with Crippen molar-refractivity contribution in [3.8, 4) is 11.8 Å². The predicted octanol–water partition coefficient (Wildman–Crippen LogP) is 3.30. The molecule has 0 aromatic heterocycles. The minimum Gasteiger partial charge on any atom is -0.279 e. The molecule has 0 aliphatic heterocycles. The van der Waals surface area contributed by atoms with E-state index in [1.807, 2.05) is 30.3 Å². The summed E-state index contributed by atoms with van der Waals surface area (Å²) >= 11 is 5.32. The number of halogens is 1. The number of carbonyl (C=O) groups excluding carboxylic acids is 2. The molecule has 0 aliphatic rings. The van der Waals surface area contributed by atoms with Crippen LogP contribution >= 0.6 is 11.6 Å². The maximum Gasteiger partial charge on any atom is 0.252 e. The lowest BCUT2D eigenvalue weighted by atomic mass is 10.1. The zero-order chi connectivity index (χ0) is 13.7. The topological polar surface area (TPSA) is 34.1 Å². The summed E-state index contributed by atoms with van der Waals surface area (Å²) in [5.74, 6) is 5.05. The molecule has 2 rings (SSSR count). The first-order chi connectivity index (χ1) is 9.16. The van der Waals surface area contributed by atoms with Gasteiger partial charge in [-0.15, -0.1) is 0 Å². The lowest BCUT2D eigenvalue weighted by Crippen LogP contribution is -1.96. The van der Waals surface area contributed by atoms with Gasteiger partial charge in [0.25, 0.3) is 5.24 Å². The molecule has 0 radical (unpaired) electrons. The quantitative estimate of drug-likeness (QED) is 0.476. The van der Waals surface area contributed by atoms with Crippen molar-refractivity contribution in [2.75, 3.05) is 0 Å². The van der Waals surface area contributed by atoms with Gasteiger partial charge >= 0.3 is 0 Å². The molecule has 19 heavy (non-hydrogen) atoms. The van der Waals surface area contributed by atoms with E-state index in [-0.39, 0.29) is 5.78 Å². The van der Waals surface area contributed by atoms with Crippen molar-refractivity contribution >= 4 is 22.6 Å². The summed E-state index contributed by atoms with van der Waals surface area (Å²) in [5, 5.41) is -0.547. The van der Waals surface area contributed by atoms with Crippen LogP contribution < -0.4 is 0 Å². The highest BCUT2D eigenvalue weighted by atomic mass is 35.5. The highest BCUT2D eigenvalue weighted by Crippen LogP contribution is 2.07. The monoisotopic (exact) mass is 268 g/mol. The number of hydrogen-bond donors (Lipinski definition) is 0.